The first-order valence-electron chi connectivity index (χ1n) is 6.53. The van der Waals surface area contributed by atoms with Crippen LogP contribution in [0.4, 0.5) is 0 Å². The van der Waals surface area contributed by atoms with E-state index < -0.39 is 0 Å². The molecule has 1 aromatic carbocycles. The zero-order valence-electron chi connectivity index (χ0n) is 12.5. The van der Waals surface area contributed by atoms with Gasteiger partial charge in [0.1, 0.15) is 0 Å². The summed E-state index contributed by atoms with van der Waals surface area (Å²) in [6.45, 7) is 8.85. The van der Waals surface area contributed by atoms with E-state index in [0.717, 1.165) is 6.42 Å². The third-order valence-electron chi connectivity index (χ3n) is 3.31. The number of rotatable bonds is 5. The predicted molar refractivity (Wildman–Crippen MR) is 75.8 cm³/mol. The van der Waals surface area contributed by atoms with Crippen LogP contribution in [0.2, 0.25) is 0 Å². The van der Waals surface area contributed by atoms with Crippen LogP contribution in [0.25, 0.3) is 0 Å². The Morgan fingerprint density at radius 3 is 1.89 bits per heavy atom. The smallest absolute Gasteiger partial charge is 0.159 e. The van der Waals surface area contributed by atoms with Gasteiger partial charge in [0.15, 0.2) is 6.29 Å². The minimum Gasteiger partial charge on any atom is -0.356 e. The van der Waals surface area contributed by atoms with Crippen LogP contribution >= 0.6 is 0 Å². The molecule has 0 saturated heterocycles. The van der Waals surface area contributed by atoms with Gasteiger partial charge in [0.25, 0.3) is 0 Å². The standard InChI is InChI=1S/C16H26O2/c1-12(15(17-5)18-6)11-13-7-9-14(10-8-13)16(2,3)4/h7-10,12,15H,11H2,1-6H3. The molecule has 0 aliphatic carbocycles. The molecule has 0 amide bonds. The molecule has 0 fully saturated rings. The van der Waals surface area contributed by atoms with Crippen LogP contribution in [-0.2, 0) is 21.3 Å². The molecule has 1 atom stereocenters. The van der Waals surface area contributed by atoms with Gasteiger partial charge in [0, 0.05) is 20.1 Å². The average Bonchev–Trinajstić information content (AvgIpc) is 2.30. The van der Waals surface area contributed by atoms with Crippen molar-refractivity contribution in [2.45, 2.75) is 45.8 Å². The molecule has 1 unspecified atom stereocenters. The molecule has 18 heavy (non-hydrogen) atoms. The van der Waals surface area contributed by atoms with E-state index in [0.29, 0.717) is 5.92 Å². The Morgan fingerprint density at radius 2 is 1.50 bits per heavy atom. The van der Waals surface area contributed by atoms with E-state index in [2.05, 4.69) is 52.0 Å². The van der Waals surface area contributed by atoms with Crippen LogP contribution in [0.3, 0.4) is 0 Å². The monoisotopic (exact) mass is 250 g/mol. The molecule has 2 heteroatoms. The summed E-state index contributed by atoms with van der Waals surface area (Å²) >= 11 is 0. The van der Waals surface area contributed by atoms with Crippen molar-refractivity contribution >= 4 is 0 Å². The first kappa shape index (κ1) is 15.2. The minimum atomic E-state index is -0.132. The molecule has 0 aromatic heterocycles. The van der Waals surface area contributed by atoms with Crippen LogP contribution in [0.5, 0.6) is 0 Å². The summed E-state index contributed by atoms with van der Waals surface area (Å²) in [6.07, 6.45) is 0.837. The van der Waals surface area contributed by atoms with Crippen molar-refractivity contribution in [1.82, 2.24) is 0 Å². The van der Waals surface area contributed by atoms with Gasteiger partial charge in [-0.15, -0.1) is 0 Å². The van der Waals surface area contributed by atoms with Crippen molar-refractivity contribution in [2.24, 2.45) is 5.92 Å². The van der Waals surface area contributed by atoms with E-state index in [1.165, 1.54) is 11.1 Å². The highest BCUT2D eigenvalue weighted by molar-refractivity contribution is 5.27. The summed E-state index contributed by atoms with van der Waals surface area (Å²) in [5.41, 5.74) is 2.91. The van der Waals surface area contributed by atoms with Crippen molar-refractivity contribution in [2.75, 3.05) is 14.2 Å². The Bertz CT molecular complexity index is 344. The van der Waals surface area contributed by atoms with Gasteiger partial charge in [-0.1, -0.05) is 52.0 Å². The highest BCUT2D eigenvalue weighted by Crippen LogP contribution is 2.23. The van der Waals surface area contributed by atoms with Gasteiger partial charge >= 0.3 is 0 Å². The third-order valence-corrected chi connectivity index (χ3v) is 3.31. The molecule has 1 aromatic rings. The van der Waals surface area contributed by atoms with E-state index in [4.69, 9.17) is 9.47 Å². The molecule has 0 bridgehead atoms. The largest absolute Gasteiger partial charge is 0.356 e. The van der Waals surface area contributed by atoms with Crippen molar-refractivity contribution in [3.63, 3.8) is 0 Å². The Morgan fingerprint density at radius 1 is 1.00 bits per heavy atom. The molecular formula is C16H26O2. The summed E-state index contributed by atoms with van der Waals surface area (Å²) in [5.74, 6) is 0.348. The number of ether oxygens (including phenoxy) is 2. The van der Waals surface area contributed by atoms with Crippen LogP contribution in [-0.4, -0.2) is 20.5 Å². The maximum atomic E-state index is 5.29. The molecule has 0 aliphatic heterocycles. The van der Waals surface area contributed by atoms with Crippen molar-refractivity contribution in [1.29, 1.82) is 0 Å². The fraction of sp³-hybridized carbons (Fsp3) is 0.625. The lowest BCUT2D eigenvalue weighted by atomic mass is 9.86. The summed E-state index contributed by atoms with van der Waals surface area (Å²) in [5, 5.41) is 0. The fourth-order valence-electron chi connectivity index (χ4n) is 2.17. The third kappa shape index (κ3) is 4.11. The number of methoxy groups -OCH3 is 2. The molecule has 0 heterocycles. The van der Waals surface area contributed by atoms with Gasteiger partial charge in [-0.05, 0) is 23.0 Å². The summed E-state index contributed by atoms with van der Waals surface area (Å²) in [4.78, 5) is 0. The summed E-state index contributed by atoms with van der Waals surface area (Å²) in [6, 6.07) is 8.85. The Hall–Kier alpha value is -0.860. The molecule has 0 saturated carbocycles. The topological polar surface area (TPSA) is 18.5 Å². The molecule has 2 nitrogen and oxygen atoms in total. The maximum absolute atomic E-state index is 5.29. The average molecular weight is 250 g/mol. The van der Waals surface area contributed by atoms with E-state index in [1.807, 2.05) is 0 Å². The van der Waals surface area contributed by atoms with Crippen LogP contribution in [0.1, 0.15) is 38.8 Å². The lowest BCUT2D eigenvalue weighted by Crippen LogP contribution is -2.24. The SMILES string of the molecule is COC(OC)C(C)Cc1ccc(C(C)(C)C)cc1. The highest BCUT2D eigenvalue weighted by atomic mass is 16.7. The van der Waals surface area contributed by atoms with E-state index in [9.17, 15) is 0 Å². The Balaban J connectivity index is 2.69. The first-order chi connectivity index (χ1) is 8.38. The van der Waals surface area contributed by atoms with Gasteiger partial charge in [-0.2, -0.15) is 0 Å². The van der Waals surface area contributed by atoms with Gasteiger partial charge < -0.3 is 9.47 Å². The van der Waals surface area contributed by atoms with Crippen LogP contribution < -0.4 is 0 Å². The molecular weight excluding hydrogens is 224 g/mol. The van der Waals surface area contributed by atoms with Gasteiger partial charge in [0.05, 0.1) is 0 Å². The second-order valence-corrected chi connectivity index (χ2v) is 5.97. The highest BCUT2D eigenvalue weighted by Gasteiger charge is 2.17. The summed E-state index contributed by atoms with van der Waals surface area (Å²) in [7, 11) is 3.38. The minimum absolute atomic E-state index is 0.132. The quantitative estimate of drug-likeness (QED) is 0.740. The van der Waals surface area contributed by atoms with Gasteiger partial charge in [0.2, 0.25) is 0 Å². The van der Waals surface area contributed by atoms with E-state index >= 15 is 0 Å². The van der Waals surface area contributed by atoms with Gasteiger partial charge in [-0.25, -0.2) is 0 Å². The molecule has 0 radical (unpaired) electrons. The molecule has 102 valence electrons. The van der Waals surface area contributed by atoms with Gasteiger partial charge in [-0.3, -0.25) is 0 Å². The van der Waals surface area contributed by atoms with Crippen molar-refractivity contribution < 1.29 is 9.47 Å². The number of hydrogen-bond donors (Lipinski definition) is 0. The molecule has 0 spiro atoms. The fourth-order valence-corrected chi connectivity index (χ4v) is 2.17. The lowest BCUT2D eigenvalue weighted by molar-refractivity contribution is -0.132. The van der Waals surface area contributed by atoms with E-state index in [1.54, 1.807) is 14.2 Å². The van der Waals surface area contributed by atoms with E-state index in [-0.39, 0.29) is 11.7 Å². The van der Waals surface area contributed by atoms with Crippen molar-refractivity contribution in [3.8, 4) is 0 Å². The van der Waals surface area contributed by atoms with Crippen LogP contribution in [0.15, 0.2) is 24.3 Å². The molecule has 1 rings (SSSR count). The zero-order valence-corrected chi connectivity index (χ0v) is 12.5. The molecule has 0 N–H and O–H groups in total. The molecule has 0 aliphatic rings. The Labute approximate surface area is 111 Å². The normalized spacial score (nSPS) is 13.9. The van der Waals surface area contributed by atoms with Crippen molar-refractivity contribution in [3.05, 3.63) is 35.4 Å². The lowest BCUT2D eigenvalue weighted by Gasteiger charge is -2.22. The Kier molecular flexibility index (Phi) is 5.36. The number of benzene rings is 1. The maximum Gasteiger partial charge on any atom is 0.159 e. The zero-order chi connectivity index (χ0) is 13.8. The summed E-state index contributed by atoms with van der Waals surface area (Å²) < 4.78 is 10.6. The predicted octanol–water partition coefficient (Wildman–Crippen LogP) is 3.78. The first-order valence-corrected chi connectivity index (χ1v) is 6.53. The number of hydrogen-bond acceptors (Lipinski definition) is 2. The van der Waals surface area contributed by atoms with Crippen LogP contribution in [0, 0.1) is 5.92 Å². The second kappa shape index (κ2) is 6.35. The second-order valence-electron chi connectivity index (χ2n) is 5.97.